The lowest BCUT2D eigenvalue weighted by Gasteiger charge is -2.30. The van der Waals surface area contributed by atoms with Gasteiger partial charge in [-0.3, -0.25) is 14.2 Å². The number of hydrogen-bond acceptors (Lipinski definition) is 8. The van der Waals surface area contributed by atoms with Crippen molar-refractivity contribution in [3.05, 3.63) is 56.5 Å². The van der Waals surface area contributed by atoms with Gasteiger partial charge in [-0.25, -0.2) is 18.7 Å². The first kappa shape index (κ1) is 36.7. The van der Waals surface area contributed by atoms with E-state index < -0.39 is 66.3 Å². The summed E-state index contributed by atoms with van der Waals surface area (Å²) in [7, 11) is 1.39. The number of pyridine rings is 1. The van der Waals surface area contributed by atoms with Crippen molar-refractivity contribution >= 4 is 46.0 Å². The van der Waals surface area contributed by atoms with Crippen LogP contribution in [0.2, 0.25) is 0 Å². The minimum atomic E-state index is -4.80. The second-order valence-corrected chi connectivity index (χ2v) is 13.0. The maximum Gasteiger partial charge on any atom is 0.418 e. The fourth-order valence-corrected chi connectivity index (χ4v) is 6.46. The van der Waals surface area contributed by atoms with E-state index in [0.29, 0.717) is 21.1 Å². The summed E-state index contributed by atoms with van der Waals surface area (Å²) in [6.07, 6.45) is -12.4. The van der Waals surface area contributed by atoms with Crippen LogP contribution in [0.15, 0.2) is 24.3 Å². The molecular formula is C31H31F8N7O3S. The second kappa shape index (κ2) is 14.4. The standard InChI is InChI=1S/C31H31F8N7O3S/c1-14-24(50-15(2)41-14)27(48)40-12-16-4-9-20(31(37,38)39)21(10-16)43-29-44-22-11-19(28(49-13-23(32)33)45-25(22)46(29)3)26(47)42-18-7-5-17(6-8-18)30(34,35)36/h4,9-11,17-18,23H,5-8,12-13H2,1-3H3,(H,40,48)(H,42,47)(H,43,44)/t17-,18-. The number of hydrogen-bond donors (Lipinski definition) is 3. The zero-order valence-electron chi connectivity index (χ0n) is 26.7. The molecule has 3 heterocycles. The Morgan fingerprint density at radius 2 is 1.70 bits per heavy atom. The molecule has 0 spiro atoms. The van der Waals surface area contributed by atoms with Crippen LogP contribution in [0.5, 0.6) is 5.88 Å². The predicted molar refractivity (Wildman–Crippen MR) is 167 cm³/mol. The average molecular weight is 734 g/mol. The van der Waals surface area contributed by atoms with Crippen molar-refractivity contribution in [1.29, 1.82) is 0 Å². The minimum Gasteiger partial charge on any atom is -0.471 e. The molecule has 2 amide bonds. The van der Waals surface area contributed by atoms with Crippen LogP contribution in [-0.2, 0) is 19.8 Å². The van der Waals surface area contributed by atoms with E-state index in [1.54, 1.807) is 13.8 Å². The molecule has 3 aromatic heterocycles. The van der Waals surface area contributed by atoms with Gasteiger partial charge in [0.05, 0.1) is 27.9 Å². The second-order valence-electron chi connectivity index (χ2n) is 11.8. The van der Waals surface area contributed by atoms with Gasteiger partial charge in [0.25, 0.3) is 18.2 Å². The molecule has 0 atom stereocenters. The number of carbonyl (C=O) groups excluding carboxylic acids is 2. The first-order chi connectivity index (χ1) is 23.4. The van der Waals surface area contributed by atoms with Gasteiger partial charge in [-0.15, -0.1) is 11.3 Å². The fraction of sp³-hybridized carbons (Fsp3) is 0.452. The summed E-state index contributed by atoms with van der Waals surface area (Å²) in [5.41, 5.74) is -1.02. The number of halogens is 8. The van der Waals surface area contributed by atoms with Gasteiger partial charge in [0.1, 0.15) is 16.0 Å². The zero-order chi connectivity index (χ0) is 36.5. The molecule has 270 valence electrons. The highest BCUT2D eigenvalue weighted by molar-refractivity contribution is 7.13. The third-order valence-corrected chi connectivity index (χ3v) is 9.20. The molecule has 1 aromatic carbocycles. The molecule has 0 saturated heterocycles. The molecule has 50 heavy (non-hydrogen) atoms. The molecule has 0 aliphatic heterocycles. The molecule has 1 aliphatic carbocycles. The molecule has 4 aromatic rings. The number of anilines is 2. The van der Waals surface area contributed by atoms with E-state index in [-0.39, 0.29) is 54.9 Å². The van der Waals surface area contributed by atoms with Crippen molar-refractivity contribution < 1.29 is 49.4 Å². The minimum absolute atomic E-state index is 0.0162. The Morgan fingerprint density at radius 3 is 2.30 bits per heavy atom. The first-order valence-corrected chi connectivity index (χ1v) is 16.1. The van der Waals surface area contributed by atoms with Gasteiger partial charge in [-0.2, -0.15) is 31.3 Å². The van der Waals surface area contributed by atoms with Crippen LogP contribution in [0.3, 0.4) is 0 Å². The van der Waals surface area contributed by atoms with Gasteiger partial charge in [-0.05, 0) is 63.3 Å². The van der Waals surface area contributed by atoms with Crippen LogP contribution >= 0.6 is 11.3 Å². The number of benzene rings is 1. The van der Waals surface area contributed by atoms with Gasteiger partial charge < -0.3 is 20.7 Å². The highest BCUT2D eigenvalue weighted by atomic mass is 32.1. The number of rotatable bonds is 10. The number of aromatic nitrogens is 4. The van der Waals surface area contributed by atoms with Crippen molar-refractivity contribution in [2.45, 2.75) is 70.9 Å². The molecule has 0 unspecified atom stereocenters. The molecule has 0 radical (unpaired) electrons. The van der Waals surface area contributed by atoms with Gasteiger partial charge in [0.2, 0.25) is 11.8 Å². The van der Waals surface area contributed by atoms with Crippen molar-refractivity contribution in [2.24, 2.45) is 13.0 Å². The molecule has 1 fully saturated rings. The largest absolute Gasteiger partial charge is 0.471 e. The Labute approximate surface area is 283 Å². The van der Waals surface area contributed by atoms with E-state index in [1.807, 2.05) is 0 Å². The van der Waals surface area contributed by atoms with Crippen LogP contribution in [-0.4, -0.2) is 56.6 Å². The number of imidazole rings is 1. The fourth-order valence-electron chi connectivity index (χ4n) is 5.63. The highest BCUT2D eigenvalue weighted by Crippen LogP contribution is 2.39. The molecule has 3 N–H and O–H groups in total. The summed E-state index contributed by atoms with van der Waals surface area (Å²) >= 11 is 1.18. The van der Waals surface area contributed by atoms with Crippen molar-refractivity contribution in [3.63, 3.8) is 0 Å². The smallest absolute Gasteiger partial charge is 0.418 e. The number of carbonyl (C=O) groups is 2. The lowest BCUT2D eigenvalue weighted by atomic mass is 9.85. The van der Waals surface area contributed by atoms with Gasteiger partial charge in [0, 0.05) is 19.6 Å². The summed E-state index contributed by atoms with van der Waals surface area (Å²) in [5.74, 6) is -3.47. The molecular weight excluding hydrogens is 702 g/mol. The van der Waals surface area contributed by atoms with Gasteiger partial charge in [-0.1, -0.05) is 6.07 Å². The van der Waals surface area contributed by atoms with Crippen molar-refractivity contribution in [3.8, 4) is 5.88 Å². The van der Waals surface area contributed by atoms with E-state index in [2.05, 4.69) is 30.9 Å². The zero-order valence-corrected chi connectivity index (χ0v) is 27.5. The topological polar surface area (TPSA) is 123 Å². The number of fused-ring (bicyclic) bond motifs is 1. The lowest BCUT2D eigenvalue weighted by molar-refractivity contribution is -0.182. The molecule has 0 bridgehead atoms. The average Bonchev–Trinajstić information content (AvgIpc) is 3.53. The highest BCUT2D eigenvalue weighted by Gasteiger charge is 2.42. The molecule has 19 heteroatoms. The number of thiazole rings is 1. The van der Waals surface area contributed by atoms with Gasteiger partial charge >= 0.3 is 12.4 Å². The van der Waals surface area contributed by atoms with E-state index in [9.17, 15) is 44.7 Å². The Kier molecular flexibility index (Phi) is 10.5. The number of nitrogens with zero attached hydrogens (tertiary/aromatic N) is 4. The summed E-state index contributed by atoms with van der Waals surface area (Å²) < 4.78 is 114. The lowest BCUT2D eigenvalue weighted by Crippen LogP contribution is -2.40. The third kappa shape index (κ3) is 8.42. The Hall–Kier alpha value is -4.55. The third-order valence-electron chi connectivity index (χ3n) is 8.12. The maximum absolute atomic E-state index is 14.1. The summed E-state index contributed by atoms with van der Waals surface area (Å²) in [5, 5.41) is 8.58. The number of amides is 2. The van der Waals surface area contributed by atoms with E-state index in [0.717, 1.165) is 12.1 Å². The first-order valence-electron chi connectivity index (χ1n) is 15.3. The number of alkyl halides is 8. The molecule has 10 nitrogen and oxygen atoms in total. The summed E-state index contributed by atoms with van der Waals surface area (Å²) in [4.78, 5) is 38.9. The maximum atomic E-state index is 14.1. The monoisotopic (exact) mass is 733 g/mol. The molecule has 1 saturated carbocycles. The molecule has 1 aliphatic rings. The van der Waals surface area contributed by atoms with Crippen LogP contribution < -0.4 is 20.7 Å². The Morgan fingerprint density at radius 1 is 1.00 bits per heavy atom. The Balaban J connectivity index is 1.42. The summed E-state index contributed by atoms with van der Waals surface area (Å²) in [6, 6.07) is 3.76. The van der Waals surface area contributed by atoms with Crippen LogP contribution in [0, 0.1) is 19.8 Å². The van der Waals surface area contributed by atoms with Crippen LogP contribution in [0.4, 0.5) is 46.8 Å². The number of ether oxygens (including phenoxy) is 1. The van der Waals surface area contributed by atoms with E-state index in [1.165, 1.54) is 35.1 Å². The predicted octanol–water partition coefficient (Wildman–Crippen LogP) is 7.23. The molecule has 5 rings (SSSR count). The number of nitrogens with one attached hydrogen (secondary N) is 3. The van der Waals surface area contributed by atoms with Crippen LogP contribution in [0.25, 0.3) is 11.2 Å². The van der Waals surface area contributed by atoms with Gasteiger partial charge in [0.15, 0.2) is 12.3 Å². The Bertz CT molecular complexity index is 1880. The number of aryl methyl sites for hydroxylation is 3. The van der Waals surface area contributed by atoms with E-state index >= 15 is 0 Å². The SMILES string of the molecule is Cc1nc(C)c(C(=O)NCc2ccc(C(F)(F)F)c(Nc3nc4cc(C(=O)N[C@H]5CC[C@H](C(F)(F)F)CC5)c(OCC(F)F)nc4n3C)c2)s1. The van der Waals surface area contributed by atoms with Crippen LogP contribution in [0.1, 0.15) is 67.5 Å². The van der Waals surface area contributed by atoms with E-state index in [4.69, 9.17) is 4.74 Å². The van der Waals surface area contributed by atoms with Crippen molar-refractivity contribution in [1.82, 2.24) is 30.2 Å². The normalized spacial score (nSPS) is 16.9. The quantitative estimate of drug-likeness (QED) is 0.147. The van der Waals surface area contributed by atoms with Crippen molar-refractivity contribution in [2.75, 3.05) is 11.9 Å². The summed E-state index contributed by atoms with van der Waals surface area (Å²) in [6.45, 7) is 2.15.